The number of nitrogens with zero attached hydrogens (tertiary/aromatic N) is 4. The van der Waals surface area contributed by atoms with Gasteiger partial charge in [-0.2, -0.15) is 0 Å². The van der Waals surface area contributed by atoms with Gasteiger partial charge in [-0.1, -0.05) is 16.4 Å². The van der Waals surface area contributed by atoms with E-state index in [1.807, 2.05) is 0 Å². The summed E-state index contributed by atoms with van der Waals surface area (Å²) in [5.74, 6) is -1.68. The van der Waals surface area contributed by atoms with Crippen LogP contribution in [0.5, 0.6) is 0 Å². The molecule has 3 rings (SSSR count). The van der Waals surface area contributed by atoms with Gasteiger partial charge in [-0.25, -0.2) is 9.59 Å². The van der Waals surface area contributed by atoms with E-state index in [4.69, 9.17) is 9.68 Å². The highest BCUT2D eigenvalue weighted by Crippen LogP contribution is 2.15. The van der Waals surface area contributed by atoms with Crippen molar-refractivity contribution in [3.05, 3.63) is 104 Å². The van der Waals surface area contributed by atoms with Crippen LogP contribution in [0, 0.1) is 20.2 Å². The number of hydrogen-bond acceptors (Lipinski definition) is 10. The molecule has 0 spiro atoms. The lowest BCUT2D eigenvalue weighted by molar-refractivity contribution is -0.385. The van der Waals surface area contributed by atoms with Crippen LogP contribution in [0.2, 0.25) is 0 Å². The van der Waals surface area contributed by atoms with Gasteiger partial charge in [0.2, 0.25) is 0 Å². The molecule has 12 heteroatoms. The third-order valence-electron chi connectivity index (χ3n) is 3.92. The highest BCUT2D eigenvalue weighted by atomic mass is 16.7. The maximum atomic E-state index is 12.0. The summed E-state index contributed by atoms with van der Waals surface area (Å²) in [7, 11) is 0. The standard InChI is InChI=1S/C20H12N4O8/c25-19(13-4-10-17(11-5-13)23(27)28)31-21-15-6-8-16(9-7-15)22-32-20(26)14-2-1-3-18(12-14)24(29)30/h1-12H. The highest BCUT2D eigenvalue weighted by Gasteiger charge is 2.14. The number of nitro benzene ring substituents is 2. The minimum absolute atomic E-state index is 0.0345. The summed E-state index contributed by atoms with van der Waals surface area (Å²) < 4.78 is 0. The molecule has 12 nitrogen and oxygen atoms in total. The van der Waals surface area contributed by atoms with Gasteiger partial charge in [-0.3, -0.25) is 20.2 Å². The fraction of sp³-hybridized carbons (Fsp3) is 0. The van der Waals surface area contributed by atoms with Gasteiger partial charge in [-0.05, 0) is 42.5 Å². The second-order valence-electron chi connectivity index (χ2n) is 6.07. The highest BCUT2D eigenvalue weighted by molar-refractivity contribution is 6.18. The SMILES string of the molecule is O=C(ON=C1C=CC(=NOC(=O)c2cccc([N+](=O)[O-])c2)C=C1)c1ccc([N+](=O)[O-])cc1. The van der Waals surface area contributed by atoms with E-state index in [0.29, 0.717) is 0 Å². The second kappa shape index (κ2) is 9.67. The van der Waals surface area contributed by atoms with Crippen molar-refractivity contribution in [2.24, 2.45) is 10.3 Å². The quantitative estimate of drug-likeness (QED) is 0.288. The molecule has 2 aromatic carbocycles. The summed E-state index contributed by atoms with van der Waals surface area (Å²) in [6, 6.07) is 9.84. The first-order valence-corrected chi connectivity index (χ1v) is 8.77. The van der Waals surface area contributed by atoms with Crippen molar-refractivity contribution >= 4 is 34.7 Å². The third kappa shape index (κ3) is 5.54. The zero-order valence-electron chi connectivity index (χ0n) is 16.0. The zero-order valence-corrected chi connectivity index (χ0v) is 16.0. The van der Waals surface area contributed by atoms with Gasteiger partial charge < -0.3 is 9.68 Å². The first-order valence-electron chi connectivity index (χ1n) is 8.77. The Balaban J connectivity index is 1.57. The van der Waals surface area contributed by atoms with Crippen LogP contribution in [-0.4, -0.2) is 33.2 Å². The molecule has 1 aliphatic carbocycles. The first-order chi connectivity index (χ1) is 15.3. The summed E-state index contributed by atoms with van der Waals surface area (Å²) in [5, 5.41) is 28.7. The van der Waals surface area contributed by atoms with Crippen molar-refractivity contribution in [2.75, 3.05) is 0 Å². The lowest BCUT2D eigenvalue weighted by Gasteiger charge is -2.03. The predicted molar refractivity (Wildman–Crippen MR) is 110 cm³/mol. The normalized spacial score (nSPS) is 12.1. The Hall–Kier alpha value is -5.00. The third-order valence-corrected chi connectivity index (χ3v) is 3.92. The summed E-state index contributed by atoms with van der Waals surface area (Å²) in [4.78, 5) is 53.6. The van der Waals surface area contributed by atoms with Crippen LogP contribution in [0.25, 0.3) is 0 Å². The van der Waals surface area contributed by atoms with Crippen LogP contribution >= 0.6 is 0 Å². The molecule has 2 aromatic rings. The van der Waals surface area contributed by atoms with Crippen molar-refractivity contribution in [1.29, 1.82) is 0 Å². The minimum Gasteiger partial charge on any atom is -0.312 e. The molecule has 0 heterocycles. The van der Waals surface area contributed by atoms with Gasteiger partial charge >= 0.3 is 11.9 Å². The van der Waals surface area contributed by atoms with Crippen molar-refractivity contribution in [1.82, 2.24) is 0 Å². The van der Waals surface area contributed by atoms with Gasteiger partial charge in [-0.15, -0.1) is 0 Å². The molecule has 0 saturated heterocycles. The molecular formula is C20H12N4O8. The molecule has 160 valence electrons. The maximum Gasteiger partial charge on any atom is 0.366 e. The summed E-state index contributed by atoms with van der Waals surface area (Å²) in [6.07, 6.45) is 5.73. The van der Waals surface area contributed by atoms with Crippen LogP contribution < -0.4 is 0 Å². The lowest BCUT2D eigenvalue weighted by Crippen LogP contribution is -2.07. The molecule has 0 bridgehead atoms. The molecule has 32 heavy (non-hydrogen) atoms. The van der Waals surface area contributed by atoms with Gasteiger partial charge in [0.1, 0.15) is 11.4 Å². The molecule has 0 aromatic heterocycles. The number of allylic oxidation sites excluding steroid dienone is 4. The number of non-ortho nitro benzene ring substituents is 2. The number of benzene rings is 2. The Kier molecular flexibility index (Phi) is 6.56. The van der Waals surface area contributed by atoms with Crippen molar-refractivity contribution in [3.8, 4) is 0 Å². The van der Waals surface area contributed by atoms with E-state index in [1.165, 1.54) is 66.8 Å². The van der Waals surface area contributed by atoms with Gasteiger partial charge in [0, 0.05) is 24.3 Å². The Morgan fingerprint density at radius 3 is 1.69 bits per heavy atom. The van der Waals surface area contributed by atoms with Gasteiger partial charge in [0.15, 0.2) is 0 Å². The fourth-order valence-corrected chi connectivity index (χ4v) is 2.33. The van der Waals surface area contributed by atoms with Crippen LogP contribution in [-0.2, 0) is 9.68 Å². The Bertz CT molecular complexity index is 1190. The number of oxime groups is 2. The van der Waals surface area contributed by atoms with Crippen LogP contribution in [0.1, 0.15) is 20.7 Å². The molecule has 0 atom stereocenters. The Morgan fingerprint density at radius 1 is 0.688 bits per heavy atom. The number of carbonyl (C=O) groups is 2. The van der Waals surface area contributed by atoms with Crippen molar-refractivity contribution in [3.63, 3.8) is 0 Å². The van der Waals surface area contributed by atoms with E-state index in [9.17, 15) is 29.8 Å². The van der Waals surface area contributed by atoms with E-state index >= 15 is 0 Å². The number of hydrogen-bond donors (Lipinski definition) is 0. The second-order valence-corrected chi connectivity index (χ2v) is 6.07. The summed E-state index contributed by atoms with van der Waals surface area (Å²) in [6.45, 7) is 0. The van der Waals surface area contributed by atoms with E-state index in [1.54, 1.807) is 0 Å². The molecule has 0 unspecified atom stereocenters. The maximum absolute atomic E-state index is 12.0. The van der Waals surface area contributed by atoms with Crippen molar-refractivity contribution in [2.45, 2.75) is 0 Å². The zero-order chi connectivity index (χ0) is 23.1. The van der Waals surface area contributed by atoms with Gasteiger partial charge in [0.25, 0.3) is 11.4 Å². The van der Waals surface area contributed by atoms with E-state index in [0.717, 1.165) is 6.07 Å². The van der Waals surface area contributed by atoms with Crippen molar-refractivity contribution < 1.29 is 29.1 Å². The molecule has 0 amide bonds. The molecule has 0 saturated carbocycles. The Labute approximate surface area is 179 Å². The van der Waals surface area contributed by atoms with Crippen LogP contribution in [0.3, 0.4) is 0 Å². The van der Waals surface area contributed by atoms with Gasteiger partial charge in [0.05, 0.1) is 21.0 Å². The first kappa shape index (κ1) is 21.7. The lowest BCUT2D eigenvalue weighted by atomic mass is 10.1. The Morgan fingerprint density at radius 2 is 1.19 bits per heavy atom. The number of rotatable bonds is 6. The average Bonchev–Trinajstić information content (AvgIpc) is 2.81. The molecule has 0 aliphatic heterocycles. The molecule has 1 aliphatic rings. The average molecular weight is 436 g/mol. The largest absolute Gasteiger partial charge is 0.366 e. The van der Waals surface area contributed by atoms with E-state index in [2.05, 4.69) is 10.3 Å². The van der Waals surface area contributed by atoms with E-state index < -0.39 is 21.8 Å². The monoisotopic (exact) mass is 436 g/mol. The topological polar surface area (TPSA) is 164 Å². The molecule has 0 radical (unpaired) electrons. The van der Waals surface area contributed by atoms with Crippen LogP contribution in [0.15, 0.2) is 83.1 Å². The molecule has 0 N–H and O–H groups in total. The summed E-state index contributed by atoms with van der Waals surface area (Å²) >= 11 is 0. The molecule has 0 fully saturated rings. The van der Waals surface area contributed by atoms with E-state index in [-0.39, 0.29) is 33.9 Å². The predicted octanol–water partition coefficient (Wildman–Crippen LogP) is 3.35. The smallest absolute Gasteiger partial charge is 0.312 e. The molecular weight excluding hydrogens is 424 g/mol. The number of carbonyl (C=O) groups excluding carboxylic acids is 2. The fourth-order valence-electron chi connectivity index (χ4n) is 2.33. The van der Waals surface area contributed by atoms with Crippen LogP contribution in [0.4, 0.5) is 11.4 Å². The minimum atomic E-state index is -0.875. The summed E-state index contributed by atoms with van der Waals surface area (Å²) in [5.41, 5.74) is 0.123. The number of nitro groups is 2.